The largest absolute Gasteiger partial charge is 0.507 e. The molecule has 1 aromatic carbocycles. The third kappa shape index (κ3) is 8.89. The van der Waals surface area contributed by atoms with E-state index in [0.29, 0.717) is 17.3 Å². The molecule has 0 amide bonds. The number of allylic oxidation sites excluding steroid dienone is 3. The summed E-state index contributed by atoms with van der Waals surface area (Å²) in [6, 6.07) is 6.12. The van der Waals surface area contributed by atoms with Crippen molar-refractivity contribution in [1.82, 2.24) is 10.2 Å². The maximum Gasteiger partial charge on any atom is 0.131 e. The normalized spacial score (nSPS) is 21.4. The van der Waals surface area contributed by atoms with Gasteiger partial charge in [0, 0.05) is 49.4 Å². The fraction of sp³-hybridized carbons (Fsp3) is 0.606. The molecule has 1 aromatic rings. The first-order valence-corrected chi connectivity index (χ1v) is 14.7. The zero-order valence-corrected chi connectivity index (χ0v) is 25.8. The van der Waals surface area contributed by atoms with Crippen LogP contribution >= 0.6 is 0 Å². The van der Waals surface area contributed by atoms with Gasteiger partial charge in [-0.15, -0.1) is 10.2 Å². The maximum atomic E-state index is 10.9. The number of rotatable bonds is 6. The molecule has 4 rings (SSSR count). The molecule has 39 heavy (non-hydrogen) atoms. The Morgan fingerprint density at radius 2 is 1.77 bits per heavy atom. The minimum absolute atomic E-state index is 0.0604. The first-order chi connectivity index (χ1) is 18.4. The van der Waals surface area contributed by atoms with E-state index in [1.807, 2.05) is 18.3 Å². The molecule has 0 unspecified atom stereocenters. The van der Waals surface area contributed by atoms with E-state index in [1.54, 1.807) is 13.1 Å². The van der Waals surface area contributed by atoms with Crippen LogP contribution in [0.25, 0.3) is 5.57 Å². The van der Waals surface area contributed by atoms with E-state index in [0.717, 1.165) is 55.0 Å². The lowest BCUT2D eigenvalue weighted by Gasteiger charge is -2.49. The van der Waals surface area contributed by atoms with E-state index >= 15 is 0 Å². The summed E-state index contributed by atoms with van der Waals surface area (Å²) in [4.78, 5) is 6.48. The van der Waals surface area contributed by atoms with Crippen LogP contribution in [0.15, 0.2) is 51.1 Å². The Bertz CT molecular complexity index is 1130. The minimum atomic E-state index is 0.0604. The van der Waals surface area contributed by atoms with Gasteiger partial charge >= 0.3 is 0 Å². The fourth-order valence-electron chi connectivity index (χ4n) is 5.63. The molecule has 2 aliphatic heterocycles. The Hall–Kier alpha value is -2.73. The van der Waals surface area contributed by atoms with Gasteiger partial charge in [-0.3, -0.25) is 4.99 Å². The number of hydrogen-bond donors (Lipinski definition) is 2. The molecule has 0 aromatic heterocycles. The van der Waals surface area contributed by atoms with Gasteiger partial charge < -0.3 is 15.3 Å². The van der Waals surface area contributed by atoms with Crippen molar-refractivity contribution in [3.63, 3.8) is 0 Å². The SMILES string of the molecule is CC/C=C(\C=NC)c1ccc(C2=NN=C(N(C)C3CC(C)(C)NC(C)(C)C3)CC(CC)=C2)c(O)c1.CC1CC1. The second-order valence-electron chi connectivity index (χ2n) is 12.8. The number of nitrogens with zero attached hydrogens (tertiary/aromatic N) is 4. The molecule has 0 radical (unpaired) electrons. The van der Waals surface area contributed by atoms with Gasteiger partial charge in [0.25, 0.3) is 0 Å². The molecule has 214 valence electrons. The molecule has 6 nitrogen and oxygen atoms in total. The van der Waals surface area contributed by atoms with E-state index in [4.69, 9.17) is 5.10 Å². The quantitative estimate of drug-likeness (QED) is 0.375. The molecular weight excluding hydrogens is 482 g/mol. The number of nitrogens with one attached hydrogen (secondary N) is 1. The fourth-order valence-corrected chi connectivity index (χ4v) is 5.63. The van der Waals surface area contributed by atoms with E-state index in [2.05, 4.69) is 88.0 Å². The van der Waals surface area contributed by atoms with Gasteiger partial charge in [0.05, 0.1) is 5.71 Å². The average molecular weight is 534 g/mol. The molecule has 2 heterocycles. The summed E-state index contributed by atoms with van der Waals surface area (Å²) >= 11 is 0. The molecule has 0 bridgehead atoms. The number of phenolic OH excluding ortho intramolecular Hbond substituents is 1. The van der Waals surface area contributed by atoms with Gasteiger partial charge in [0.15, 0.2) is 0 Å². The lowest BCUT2D eigenvalue weighted by atomic mass is 9.79. The van der Waals surface area contributed by atoms with Crippen molar-refractivity contribution in [2.45, 2.75) is 111 Å². The van der Waals surface area contributed by atoms with Gasteiger partial charge in [0.2, 0.25) is 0 Å². The number of hydrogen-bond acceptors (Lipinski definition) is 6. The monoisotopic (exact) mass is 533 g/mol. The smallest absolute Gasteiger partial charge is 0.131 e. The van der Waals surface area contributed by atoms with Crippen molar-refractivity contribution in [2.24, 2.45) is 21.1 Å². The maximum absolute atomic E-state index is 10.9. The van der Waals surface area contributed by atoms with Crippen molar-refractivity contribution in [1.29, 1.82) is 0 Å². The lowest BCUT2D eigenvalue weighted by Crippen LogP contribution is -2.62. The standard InChI is InChI=1S/C29H43N5O.C4H8/c1-9-11-22(19-30-7)21-12-13-24(26(35)16-21)25-14-20(10-2)15-27(32-31-25)34(8)23-17-28(3,4)33-29(5,6)18-23;1-4-2-3-4/h11-14,16,19,23,33,35H,9-10,15,17-18H2,1-8H3;4H,2-3H2,1H3/b22-11+,30-19?;. The van der Waals surface area contributed by atoms with Crippen LogP contribution in [0.2, 0.25) is 0 Å². The van der Waals surface area contributed by atoms with E-state index < -0.39 is 0 Å². The summed E-state index contributed by atoms with van der Waals surface area (Å²) in [7, 11) is 3.91. The lowest BCUT2D eigenvalue weighted by molar-refractivity contribution is 0.113. The predicted octanol–water partition coefficient (Wildman–Crippen LogP) is 7.39. The van der Waals surface area contributed by atoms with Gasteiger partial charge in [-0.05, 0) is 88.6 Å². The molecule has 1 saturated carbocycles. The van der Waals surface area contributed by atoms with Crippen LogP contribution in [0.1, 0.15) is 105 Å². The van der Waals surface area contributed by atoms with Crippen molar-refractivity contribution in [2.75, 3.05) is 14.1 Å². The average Bonchev–Trinajstić information content (AvgIpc) is 3.67. The summed E-state index contributed by atoms with van der Waals surface area (Å²) in [5.41, 5.74) is 4.71. The Labute approximate surface area is 237 Å². The summed E-state index contributed by atoms with van der Waals surface area (Å²) in [6.45, 7) is 15.6. The zero-order valence-electron chi connectivity index (χ0n) is 25.8. The van der Waals surface area contributed by atoms with Crippen LogP contribution in [0.4, 0.5) is 0 Å². The highest BCUT2D eigenvalue weighted by molar-refractivity contribution is 6.13. The van der Waals surface area contributed by atoms with Crippen LogP contribution in [-0.4, -0.2) is 59.0 Å². The first kappa shape index (κ1) is 30.8. The highest BCUT2D eigenvalue weighted by Gasteiger charge is 2.40. The number of piperidine rings is 1. The van der Waals surface area contributed by atoms with Gasteiger partial charge in [-0.25, -0.2) is 0 Å². The number of benzene rings is 1. The molecule has 1 saturated heterocycles. The Balaban J connectivity index is 0.000000960. The zero-order chi connectivity index (χ0) is 28.8. The number of aromatic hydroxyl groups is 1. The predicted molar refractivity (Wildman–Crippen MR) is 168 cm³/mol. The molecule has 0 atom stereocenters. The van der Waals surface area contributed by atoms with Gasteiger partial charge in [-0.1, -0.05) is 51.3 Å². The molecule has 1 aliphatic carbocycles. The van der Waals surface area contributed by atoms with Crippen LogP contribution < -0.4 is 5.32 Å². The van der Waals surface area contributed by atoms with E-state index in [1.165, 1.54) is 18.4 Å². The first-order valence-electron chi connectivity index (χ1n) is 14.7. The number of aliphatic imine (C=N–C) groups is 1. The number of phenols is 1. The van der Waals surface area contributed by atoms with Gasteiger partial charge in [0.1, 0.15) is 11.6 Å². The van der Waals surface area contributed by atoms with Crippen molar-refractivity contribution >= 4 is 23.3 Å². The van der Waals surface area contributed by atoms with Crippen molar-refractivity contribution in [3.05, 3.63) is 47.1 Å². The van der Waals surface area contributed by atoms with Crippen molar-refractivity contribution in [3.8, 4) is 5.75 Å². The topological polar surface area (TPSA) is 72.6 Å². The molecule has 2 fully saturated rings. The minimum Gasteiger partial charge on any atom is -0.507 e. The van der Waals surface area contributed by atoms with Crippen LogP contribution in [0, 0.1) is 5.92 Å². The summed E-state index contributed by atoms with van der Waals surface area (Å²) < 4.78 is 0. The third-order valence-corrected chi connectivity index (χ3v) is 7.74. The Morgan fingerprint density at radius 1 is 1.13 bits per heavy atom. The Kier molecular flexibility index (Phi) is 10.3. The molecular formula is C33H51N5O. The second-order valence-corrected chi connectivity index (χ2v) is 12.8. The number of amidine groups is 1. The summed E-state index contributed by atoms with van der Waals surface area (Å²) in [5.74, 6) is 2.27. The van der Waals surface area contributed by atoms with Crippen molar-refractivity contribution < 1.29 is 5.11 Å². The van der Waals surface area contributed by atoms with E-state index in [-0.39, 0.29) is 16.8 Å². The summed E-state index contributed by atoms with van der Waals surface area (Å²) in [5, 5.41) is 24.1. The van der Waals surface area contributed by atoms with Crippen LogP contribution in [-0.2, 0) is 0 Å². The summed E-state index contributed by atoms with van der Waals surface area (Å²) in [6.07, 6.45) is 13.7. The third-order valence-electron chi connectivity index (χ3n) is 7.74. The molecule has 2 N–H and O–H groups in total. The van der Waals surface area contributed by atoms with Crippen LogP contribution in [0.3, 0.4) is 0 Å². The van der Waals surface area contributed by atoms with E-state index in [9.17, 15) is 5.11 Å². The Morgan fingerprint density at radius 3 is 2.28 bits per heavy atom. The van der Waals surface area contributed by atoms with Crippen LogP contribution in [0.5, 0.6) is 5.75 Å². The molecule has 3 aliphatic rings. The highest BCUT2D eigenvalue weighted by Crippen LogP contribution is 2.33. The highest BCUT2D eigenvalue weighted by atomic mass is 16.3. The molecule has 6 heteroatoms. The molecule has 0 spiro atoms. The second kappa shape index (κ2) is 13.1. The van der Waals surface area contributed by atoms with Gasteiger partial charge in [-0.2, -0.15) is 0 Å².